The first-order valence-electron chi connectivity index (χ1n) is 7.84. The van der Waals surface area contributed by atoms with Crippen LogP contribution in [0.5, 0.6) is 0 Å². The minimum Gasteiger partial charge on any atom is -0.404 e. The lowest BCUT2D eigenvalue weighted by molar-refractivity contribution is -0.182. The standard InChI is InChI=1S/C16H27BrN2O2Si/c1-7-15(20)10-16(11-15,13-18-8-12(17)9-19-13)21-22(5,6)14(2,3)4/h8-9,20H,7,10-11H2,1-6H3. The maximum atomic E-state index is 10.5. The second-order valence-electron chi connectivity index (χ2n) is 8.01. The molecule has 0 aliphatic heterocycles. The lowest BCUT2D eigenvalue weighted by atomic mass is 9.65. The van der Waals surface area contributed by atoms with Crippen molar-refractivity contribution in [3.8, 4) is 0 Å². The average molecular weight is 387 g/mol. The molecule has 0 unspecified atom stereocenters. The molecule has 1 N–H and O–H groups in total. The molecule has 0 saturated heterocycles. The molecule has 124 valence electrons. The van der Waals surface area contributed by atoms with Crippen LogP contribution in [0.2, 0.25) is 18.1 Å². The van der Waals surface area contributed by atoms with Gasteiger partial charge in [0.2, 0.25) is 0 Å². The SMILES string of the molecule is CCC1(O)CC(O[Si](C)(C)C(C)(C)C)(c2ncc(Br)cn2)C1. The van der Waals surface area contributed by atoms with Crippen LogP contribution in [-0.2, 0) is 10.0 Å². The van der Waals surface area contributed by atoms with E-state index in [1.54, 1.807) is 12.4 Å². The zero-order chi connectivity index (χ0) is 16.8. The van der Waals surface area contributed by atoms with Gasteiger partial charge in [-0.05, 0) is 40.5 Å². The highest BCUT2D eigenvalue weighted by Crippen LogP contribution is 2.55. The van der Waals surface area contributed by atoms with Gasteiger partial charge >= 0.3 is 0 Å². The third kappa shape index (κ3) is 3.30. The van der Waals surface area contributed by atoms with Gasteiger partial charge in [-0.15, -0.1) is 0 Å². The lowest BCUT2D eigenvalue weighted by Crippen LogP contribution is -2.61. The summed E-state index contributed by atoms with van der Waals surface area (Å²) in [5.41, 5.74) is -1.20. The van der Waals surface area contributed by atoms with Crippen molar-refractivity contribution in [1.82, 2.24) is 9.97 Å². The fourth-order valence-electron chi connectivity index (χ4n) is 2.73. The van der Waals surface area contributed by atoms with Gasteiger partial charge < -0.3 is 9.53 Å². The first-order valence-corrected chi connectivity index (χ1v) is 11.5. The van der Waals surface area contributed by atoms with E-state index in [2.05, 4.69) is 59.8 Å². The van der Waals surface area contributed by atoms with Crippen LogP contribution in [0.25, 0.3) is 0 Å². The van der Waals surface area contributed by atoms with E-state index < -0.39 is 19.5 Å². The van der Waals surface area contributed by atoms with Crippen LogP contribution in [0.4, 0.5) is 0 Å². The molecule has 0 atom stereocenters. The Kier molecular flexibility index (Phi) is 4.63. The molecular weight excluding hydrogens is 360 g/mol. The van der Waals surface area contributed by atoms with Gasteiger partial charge in [0, 0.05) is 25.2 Å². The van der Waals surface area contributed by atoms with Gasteiger partial charge in [0.1, 0.15) is 5.60 Å². The van der Waals surface area contributed by atoms with Crippen LogP contribution in [0.15, 0.2) is 16.9 Å². The van der Waals surface area contributed by atoms with Crippen molar-refractivity contribution in [1.29, 1.82) is 0 Å². The Bertz CT molecular complexity index is 534. The third-order valence-electron chi connectivity index (χ3n) is 5.17. The van der Waals surface area contributed by atoms with Crippen molar-refractivity contribution in [3.63, 3.8) is 0 Å². The molecule has 1 aromatic rings. The zero-order valence-corrected chi connectivity index (χ0v) is 17.0. The quantitative estimate of drug-likeness (QED) is 0.779. The Morgan fingerprint density at radius 2 is 1.77 bits per heavy atom. The predicted octanol–water partition coefficient (Wildman–Crippen LogP) is 4.39. The van der Waals surface area contributed by atoms with Gasteiger partial charge in [-0.25, -0.2) is 9.97 Å². The van der Waals surface area contributed by atoms with E-state index in [9.17, 15) is 5.11 Å². The second kappa shape index (κ2) is 5.65. The van der Waals surface area contributed by atoms with Gasteiger partial charge in [0.25, 0.3) is 0 Å². The molecule has 1 aromatic heterocycles. The molecule has 0 spiro atoms. The fraction of sp³-hybridized carbons (Fsp3) is 0.750. The fourth-order valence-corrected chi connectivity index (χ4v) is 4.45. The van der Waals surface area contributed by atoms with Crippen LogP contribution in [0, 0.1) is 0 Å². The molecule has 22 heavy (non-hydrogen) atoms. The second-order valence-corrected chi connectivity index (χ2v) is 13.7. The zero-order valence-electron chi connectivity index (χ0n) is 14.4. The smallest absolute Gasteiger partial charge is 0.193 e. The summed E-state index contributed by atoms with van der Waals surface area (Å²) in [6.07, 6.45) is 5.38. The summed E-state index contributed by atoms with van der Waals surface area (Å²) >= 11 is 3.37. The molecule has 1 aliphatic carbocycles. The minimum atomic E-state index is -1.98. The molecule has 1 aliphatic rings. The van der Waals surface area contributed by atoms with Gasteiger partial charge in [-0.2, -0.15) is 0 Å². The first-order chi connectivity index (χ1) is 9.93. The predicted molar refractivity (Wildman–Crippen MR) is 94.2 cm³/mol. The van der Waals surface area contributed by atoms with Gasteiger partial charge in [0.15, 0.2) is 14.1 Å². The molecule has 4 nitrogen and oxygen atoms in total. The molecule has 0 amide bonds. The Labute approximate surface area is 143 Å². The number of nitrogens with zero attached hydrogens (tertiary/aromatic N) is 2. The van der Waals surface area contributed by atoms with Gasteiger partial charge in [-0.1, -0.05) is 27.7 Å². The van der Waals surface area contributed by atoms with Crippen LogP contribution < -0.4 is 0 Å². The number of rotatable bonds is 4. The Balaban J connectivity index is 2.35. The highest BCUT2D eigenvalue weighted by molar-refractivity contribution is 9.10. The van der Waals surface area contributed by atoms with E-state index in [-0.39, 0.29) is 5.04 Å². The molecule has 6 heteroatoms. The first kappa shape index (κ1) is 18.0. The summed E-state index contributed by atoms with van der Waals surface area (Å²) in [4.78, 5) is 8.93. The van der Waals surface area contributed by atoms with Crippen LogP contribution in [0.3, 0.4) is 0 Å². The van der Waals surface area contributed by atoms with E-state index in [1.807, 2.05) is 6.92 Å². The van der Waals surface area contributed by atoms with E-state index >= 15 is 0 Å². The topological polar surface area (TPSA) is 55.2 Å². The third-order valence-corrected chi connectivity index (χ3v) is 10.1. The molecule has 1 fully saturated rings. The van der Waals surface area contributed by atoms with Crippen LogP contribution in [0.1, 0.15) is 52.8 Å². The summed E-state index contributed by atoms with van der Waals surface area (Å²) in [6, 6.07) is 0. The molecule has 0 bridgehead atoms. The normalized spacial score (nSPS) is 29.3. The van der Waals surface area contributed by atoms with Crippen molar-refractivity contribution >= 4 is 24.2 Å². The number of aromatic nitrogens is 2. The Morgan fingerprint density at radius 1 is 1.27 bits per heavy atom. The monoisotopic (exact) mass is 386 g/mol. The largest absolute Gasteiger partial charge is 0.404 e. The van der Waals surface area contributed by atoms with Gasteiger partial charge in [-0.3, -0.25) is 0 Å². The van der Waals surface area contributed by atoms with Crippen molar-refractivity contribution in [2.45, 2.75) is 76.3 Å². The molecule has 1 saturated carbocycles. The Morgan fingerprint density at radius 3 is 2.18 bits per heavy atom. The average Bonchev–Trinajstić information content (AvgIpc) is 2.35. The number of halogens is 1. The summed E-state index contributed by atoms with van der Waals surface area (Å²) in [5.74, 6) is 0.693. The summed E-state index contributed by atoms with van der Waals surface area (Å²) in [7, 11) is -1.98. The number of hydrogen-bond acceptors (Lipinski definition) is 4. The maximum absolute atomic E-state index is 10.5. The van der Waals surface area contributed by atoms with Crippen LogP contribution in [-0.4, -0.2) is 29.0 Å². The van der Waals surface area contributed by atoms with E-state index in [4.69, 9.17) is 4.43 Å². The van der Waals surface area contributed by atoms with Crippen molar-refractivity contribution in [2.24, 2.45) is 0 Å². The van der Waals surface area contributed by atoms with E-state index in [0.717, 1.165) is 10.9 Å². The van der Waals surface area contributed by atoms with E-state index in [1.165, 1.54) is 0 Å². The summed E-state index contributed by atoms with van der Waals surface area (Å²) < 4.78 is 7.54. The Hall–Kier alpha value is -0.303. The van der Waals surface area contributed by atoms with Gasteiger partial charge in [0.05, 0.1) is 10.1 Å². The summed E-state index contributed by atoms with van der Waals surface area (Å²) in [6.45, 7) is 13.1. The molecule has 0 aromatic carbocycles. The highest BCUT2D eigenvalue weighted by Gasteiger charge is 2.59. The number of aliphatic hydroxyl groups is 1. The van der Waals surface area contributed by atoms with E-state index in [0.29, 0.717) is 18.7 Å². The maximum Gasteiger partial charge on any atom is 0.193 e. The van der Waals surface area contributed by atoms with Crippen molar-refractivity contribution < 1.29 is 9.53 Å². The molecule has 2 rings (SSSR count). The van der Waals surface area contributed by atoms with Crippen molar-refractivity contribution in [3.05, 3.63) is 22.7 Å². The van der Waals surface area contributed by atoms with Crippen LogP contribution >= 0.6 is 15.9 Å². The van der Waals surface area contributed by atoms with Crippen molar-refractivity contribution in [2.75, 3.05) is 0 Å². The molecular formula is C16H27BrN2O2Si. The molecule has 0 radical (unpaired) electrons. The number of hydrogen-bond donors (Lipinski definition) is 1. The summed E-state index contributed by atoms with van der Waals surface area (Å²) in [5, 5.41) is 10.6. The highest BCUT2D eigenvalue weighted by atomic mass is 79.9. The molecule has 1 heterocycles. The lowest BCUT2D eigenvalue weighted by Gasteiger charge is -2.56. The minimum absolute atomic E-state index is 0.106.